The number of hydrogen-bond donors (Lipinski definition) is 2. The van der Waals surface area contributed by atoms with Crippen molar-refractivity contribution in [1.29, 1.82) is 5.26 Å². The summed E-state index contributed by atoms with van der Waals surface area (Å²) in [5.41, 5.74) is 3.83. The predicted octanol–water partition coefficient (Wildman–Crippen LogP) is 6.49. The minimum Gasteiger partial charge on any atom is -0.478 e. The number of carboxylic acids is 1. The minimum atomic E-state index is -1.03. The quantitative estimate of drug-likeness (QED) is 0.300. The Morgan fingerprint density at radius 1 is 1.11 bits per heavy atom. The van der Waals surface area contributed by atoms with E-state index in [9.17, 15) is 23.9 Å². The molecule has 0 radical (unpaired) electrons. The number of hydrogen-bond acceptors (Lipinski definition) is 3. The van der Waals surface area contributed by atoms with Crippen LogP contribution in [-0.4, -0.2) is 25.8 Å². The largest absolute Gasteiger partial charge is 0.478 e. The molecule has 0 amide bonds. The molecule has 0 aliphatic heterocycles. The van der Waals surface area contributed by atoms with Gasteiger partial charge in [-0.3, -0.25) is 5.10 Å². The molecule has 0 unspecified atom stereocenters. The molecular weight excluding hydrogens is 462 g/mol. The molecule has 0 bridgehead atoms. The van der Waals surface area contributed by atoms with Gasteiger partial charge in [0.05, 0.1) is 28.1 Å². The monoisotopic (exact) mass is 482 g/mol. The lowest BCUT2D eigenvalue weighted by Crippen LogP contribution is -2.36. The van der Waals surface area contributed by atoms with E-state index in [1.165, 1.54) is 12.1 Å². The van der Waals surface area contributed by atoms with Gasteiger partial charge in [0, 0.05) is 34.2 Å². The average Bonchev–Trinajstić information content (AvgIpc) is 3.37. The van der Waals surface area contributed by atoms with Crippen LogP contribution in [0.1, 0.15) is 41.7 Å². The van der Waals surface area contributed by atoms with Gasteiger partial charge in [0.25, 0.3) is 0 Å². The topological polar surface area (TPSA) is 94.7 Å². The summed E-state index contributed by atoms with van der Waals surface area (Å²) in [6.45, 7) is 0. The van der Waals surface area contributed by atoms with Crippen molar-refractivity contribution in [3.8, 4) is 22.9 Å². The van der Waals surface area contributed by atoms with E-state index >= 15 is 0 Å². The third kappa shape index (κ3) is 3.20. The zero-order chi connectivity index (χ0) is 25.0. The zero-order valence-corrected chi connectivity index (χ0v) is 19.1. The van der Waals surface area contributed by atoms with Crippen LogP contribution in [0.15, 0.2) is 60.7 Å². The van der Waals surface area contributed by atoms with Gasteiger partial charge in [-0.1, -0.05) is 24.6 Å². The van der Waals surface area contributed by atoms with Crippen molar-refractivity contribution in [2.45, 2.75) is 31.1 Å². The van der Waals surface area contributed by atoms with E-state index in [-0.39, 0.29) is 12.0 Å². The molecule has 3 aromatic carbocycles. The van der Waals surface area contributed by atoms with Gasteiger partial charge in [-0.25, -0.2) is 9.18 Å². The summed E-state index contributed by atoms with van der Waals surface area (Å²) in [6.07, 6.45) is 2.77. The summed E-state index contributed by atoms with van der Waals surface area (Å²) in [5, 5.41) is 26.7. The summed E-state index contributed by atoms with van der Waals surface area (Å²) in [6, 6.07) is 18.6. The first-order valence-electron chi connectivity index (χ1n) is 11.6. The van der Waals surface area contributed by atoms with Crippen LogP contribution in [0.25, 0.3) is 38.6 Å². The molecule has 1 aliphatic carbocycles. The lowest BCUT2D eigenvalue weighted by molar-refractivity contribution is 0.0697. The first-order valence-corrected chi connectivity index (χ1v) is 11.6. The van der Waals surface area contributed by atoms with Crippen LogP contribution in [0.2, 0.25) is 0 Å². The number of benzene rings is 3. The van der Waals surface area contributed by atoms with Crippen molar-refractivity contribution >= 4 is 27.8 Å². The number of aromatic carboxylic acids is 1. The van der Waals surface area contributed by atoms with Crippen LogP contribution in [-0.2, 0) is 5.41 Å². The van der Waals surface area contributed by atoms with Crippen molar-refractivity contribution in [3.63, 3.8) is 0 Å². The van der Waals surface area contributed by atoms with Crippen LogP contribution >= 0.6 is 0 Å². The maximum atomic E-state index is 14.5. The molecule has 2 N–H and O–H groups in total. The molecule has 36 heavy (non-hydrogen) atoms. The third-order valence-electron chi connectivity index (χ3n) is 7.32. The number of fused-ring (bicyclic) bond motifs is 2. The van der Waals surface area contributed by atoms with Crippen LogP contribution in [0, 0.1) is 23.1 Å². The highest BCUT2D eigenvalue weighted by Crippen LogP contribution is 2.53. The second kappa shape index (κ2) is 8.02. The minimum absolute atomic E-state index is 0.155. The van der Waals surface area contributed by atoms with Crippen molar-refractivity contribution in [3.05, 3.63) is 83.7 Å². The van der Waals surface area contributed by atoms with E-state index in [1.54, 1.807) is 42.5 Å². The number of carboxylic acid groups (broad SMARTS) is 1. The SMILES string of the molecule is N#CCC1(c2c(-c3ccc(C(=O)O)cc3)c3cc4[nH]nc(F)c4cc3n2-c2cccc(F)c2)CCC1. The predicted molar refractivity (Wildman–Crippen MR) is 131 cm³/mol. The molecule has 6 rings (SSSR count). The van der Waals surface area contributed by atoms with Gasteiger partial charge in [0.1, 0.15) is 5.82 Å². The Bertz CT molecular complexity index is 1710. The van der Waals surface area contributed by atoms with Gasteiger partial charge in [-0.2, -0.15) is 9.65 Å². The maximum Gasteiger partial charge on any atom is 0.335 e. The Morgan fingerprint density at radius 2 is 1.89 bits per heavy atom. The molecule has 8 heteroatoms. The smallest absolute Gasteiger partial charge is 0.335 e. The fraction of sp³-hybridized carbons (Fsp3) is 0.179. The Hall–Kier alpha value is -4.51. The number of aromatic amines is 1. The molecule has 0 saturated heterocycles. The lowest BCUT2D eigenvalue weighted by atomic mass is 9.63. The standard InChI is InChI=1S/C28H20F2N4O2/c29-18-3-1-4-19(13-18)34-23-15-20-22(32-33-26(20)30)14-21(23)24(16-5-7-17(8-6-16)27(35)36)25(34)28(11-12-31)9-2-10-28/h1,3-8,13-15H,2,9-11H2,(H,32,33)(H,35,36). The first kappa shape index (κ1) is 22.0. The van der Waals surface area contributed by atoms with E-state index in [4.69, 9.17) is 0 Å². The molecule has 0 spiro atoms. The van der Waals surface area contributed by atoms with Crippen molar-refractivity contribution in [2.75, 3.05) is 0 Å². The van der Waals surface area contributed by atoms with E-state index in [1.807, 2.05) is 10.6 Å². The average molecular weight is 482 g/mol. The molecule has 2 aromatic heterocycles. The number of aromatic nitrogens is 3. The summed E-state index contributed by atoms with van der Waals surface area (Å²) in [5.74, 6) is -2.08. The van der Waals surface area contributed by atoms with Gasteiger partial charge < -0.3 is 9.67 Å². The molecular formula is C28H20F2N4O2. The number of rotatable bonds is 5. The molecule has 1 saturated carbocycles. The summed E-state index contributed by atoms with van der Waals surface area (Å²) < 4.78 is 30.9. The number of nitriles is 1. The van der Waals surface area contributed by atoms with E-state index < -0.39 is 23.1 Å². The fourth-order valence-electron chi connectivity index (χ4n) is 5.48. The number of nitrogens with one attached hydrogen (secondary N) is 1. The summed E-state index contributed by atoms with van der Waals surface area (Å²) >= 11 is 0. The highest BCUT2D eigenvalue weighted by molar-refractivity contribution is 6.06. The number of H-pyrrole nitrogens is 1. The molecule has 5 aromatic rings. The molecule has 2 heterocycles. The Labute approximate surface area is 204 Å². The first-order chi connectivity index (χ1) is 17.4. The molecule has 0 atom stereocenters. The van der Waals surface area contributed by atoms with Crippen LogP contribution in [0.4, 0.5) is 8.78 Å². The number of nitrogens with zero attached hydrogens (tertiary/aromatic N) is 3. The molecule has 1 aliphatic rings. The Balaban J connectivity index is 1.78. The van der Waals surface area contributed by atoms with Gasteiger partial charge in [-0.05, 0) is 60.9 Å². The molecule has 6 nitrogen and oxygen atoms in total. The second-order valence-corrected chi connectivity index (χ2v) is 9.32. The van der Waals surface area contributed by atoms with Crippen molar-refractivity contribution in [2.24, 2.45) is 0 Å². The lowest BCUT2D eigenvalue weighted by Gasteiger charge is -2.42. The van der Waals surface area contributed by atoms with E-state index in [0.717, 1.165) is 41.5 Å². The van der Waals surface area contributed by atoms with Gasteiger partial charge in [-0.15, -0.1) is 5.10 Å². The maximum absolute atomic E-state index is 14.5. The summed E-state index contributed by atoms with van der Waals surface area (Å²) in [4.78, 5) is 11.5. The number of halogens is 2. The fourth-order valence-corrected chi connectivity index (χ4v) is 5.48. The molecule has 178 valence electrons. The van der Waals surface area contributed by atoms with Crippen molar-refractivity contribution in [1.82, 2.24) is 14.8 Å². The van der Waals surface area contributed by atoms with Crippen LogP contribution in [0.3, 0.4) is 0 Å². The molecule has 1 fully saturated rings. The van der Waals surface area contributed by atoms with E-state index in [2.05, 4.69) is 16.3 Å². The normalized spacial score (nSPS) is 14.6. The van der Waals surface area contributed by atoms with Crippen LogP contribution < -0.4 is 0 Å². The van der Waals surface area contributed by atoms with Gasteiger partial charge >= 0.3 is 5.97 Å². The van der Waals surface area contributed by atoms with Crippen LogP contribution in [0.5, 0.6) is 0 Å². The number of carbonyl (C=O) groups is 1. The van der Waals surface area contributed by atoms with Gasteiger partial charge in [0.15, 0.2) is 0 Å². The Kier molecular flexibility index (Phi) is 4.90. The van der Waals surface area contributed by atoms with Crippen molar-refractivity contribution < 1.29 is 18.7 Å². The third-order valence-corrected chi connectivity index (χ3v) is 7.32. The zero-order valence-electron chi connectivity index (χ0n) is 19.1. The van der Waals surface area contributed by atoms with Gasteiger partial charge in [0.2, 0.25) is 5.95 Å². The second-order valence-electron chi connectivity index (χ2n) is 9.32. The summed E-state index contributed by atoms with van der Waals surface area (Å²) in [7, 11) is 0. The Morgan fingerprint density at radius 3 is 2.53 bits per heavy atom. The highest BCUT2D eigenvalue weighted by atomic mass is 19.1. The highest BCUT2D eigenvalue weighted by Gasteiger charge is 2.44. The van der Waals surface area contributed by atoms with E-state index in [0.29, 0.717) is 22.1 Å².